The Labute approximate surface area is 199 Å². The van der Waals surface area contributed by atoms with E-state index in [-0.39, 0.29) is 18.9 Å². The Bertz CT molecular complexity index is 730. The molecule has 1 heterocycles. The van der Waals surface area contributed by atoms with Crippen LogP contribution < -0.4 is 22.1 Å². The molecule has 12 heteroatoms. The van der Waals surface area contributed by atoms with Gasteiger partial charge in [0.2, 0.25) is 17.7 Å². The summed E-state index contributed by atoms with van der Waals surface area (Å²) in [6.07, 6.45) is 2.40. The minimum atomic E-state index is -1.38. The number of carboxylic acids is 2. The molecule has 0 unspecified atom stereocenters. The van der Waals surface area contributed by atoms with Crippen molar-refractivity contribution in [3.63, 3.8) is 0 Å². The van der Waals surface area contributed by atoms with Crippen LogP contribution in [0.1, 0.15) is 65.2 Å². The molecule has 0 spiro atoms. The lowest BCUT2D eigenvalue weighted by molar-refractivity contribution is -0.145. The van der Waals surface area contributed by atoms with Crippen LogP contribution in [0.4, 0.5) is 0 Å². The van der Waals surface area contributed by atoms with Crippen molar-refractivity contribution in [1.82, 2.24) is 15.5 Å². The number of carboxylic acid groups (broad SMARTS) is 2. The predicted octanol–water partition coefficient (Wildman–Crippen LogP) is -0.601. The van der Waals surface area contributed by atoms with E-state index >= 15 is 0 Å². The summed E-state index contributed by atoms with van der Waals surface area (Å²) in [6, 6.07) is -3.93. The fourth-order valence-corrected chi connectivity index (χ4v) is 3.91. The van der Waals surface area contributed by atoms with E-state index in [1.165, 1.54) is 4.90 Å². The van der Waals surface area contributed by atoms with Gasteiger partial charge in [-0.2, -0.15) is 0 Å². The van der Waals surface area contributed by atoms with Gasteiger partial charge in [0.1, 0.15) is 18.1 Å². The Kier molecular flexibility index (Phi) is 12.5. The molecule has 1 saturated heterocycles. The number of nitrogens with two attached hydrogens (primary N) is 2. The zero-order valence-electron chi connectivity index (χ0n) is 20.0. The first kappa shape index (κ1) is 29.3. The van der Waals surface area contributed by atoms with E-state index in [1.807, 2.05) is 13.8 Å². The molecule has 1 aliphatic heterocycles. The molecular formula is C22H39N5O7. The summed E-state index contributed by atoms with van der Waals surface area (Å²) in [5, 5.41) is 23.2. The molecule has 34 heavy (non-hydrogen) atoms. The van der Waals surface area contributed by atoms with Crippen molar-refractivity contribution >= 4 is 29.7 Å². The standard InChI is InChI=1S/C22H39N5O7/c1-13(2)12-16(26-19(30)14(24)6-3-4-10-23)21(32)27-11-5-7-17(27)20(31)25-15(22(33)34)8-9-18(28)29/h13-17H,3-12,23-24H2,1-2H3,(H,25,31)(H,26,30)(H,28,29)(H,33,34)/t14-,15-,16-,17-/m0/s1. The average Bonchev–Trinajstić information content (AvgIpc) is 3.24. The molecule has 0 saturated carbocycles. The van der Waals surface area contributed by atoms with Crippen LogP contribution >= 0.6 is 0 Å². The Morgan fingerprint density at radius 3 is 2.26 bits per heavy atom. The highest BCUT2D eigenvalue weighted by molar-refractivity contribution is 5.94. The van der Waals surface area contributed by atoms with E-state index in [2.05, 4.69) is 10.6 Å². The van der Waals surface area contributed by atoms with Gasteiger partial charge in [0.15, 0.2) is 0 Å². The van der Waals surface area contributed by atoms with Gasteiger partial charge in [-0.3, -0.25) is 19.2 Å². The molecule has 0 aromatic carbocycles. The molecule has 0 aromatic heterocycles. The zero-order valence-corrected chi connectivity index (χ0v) is 20.0. The summed E-state index contributed by atoms with van der Waals surface area (Å²) in [5.74, 6) is -3.98. The fraction of sp³-hybridized carbons (Fsp3) is 0.773. The summed E-state index contributed by atoms with van der Waals surface area (Å²) < 4.78 is 0. The Morgan fingerprint density at radius 1 is 1.03 bits per heavy atom. The number of amides is 3. The van der Waals surface area contributed by atoms with Crippen LogP contribution in [0.5, 0.6) is 0 Å². The third-order valence-corrected chi connectivity index (χ3v) is 5.73. The second kappa shape index (κ2) is 14.5. The first-order chi connectivity index (χ1) is 16.0. The number of nitrogens with zero attached hydrogens (tertiary/aromatic N) is 1. The van der Waals surface area contributed by atoms with E-state index in [4.69, 9.17) is 16.6 Å². The number of rotatable bonds is 15. The van der Waals surface area contributed by atoms with Crippen molar-refractivity contribution in [1.29, 1.82) is 0 Å². The number of hydrogen-bond donors (Lipinski definition) is 6. The van der Waals surface area contributed by atoms with Crippen molar-refractivity contribution in [2.24, 2.45) is 17.4 Å². The molecular weight excluding hydrogens is 446 g/mol. The Hall–Kier alpha value is -2.73. The largest absolute Gasteiger partial charge is 0.481 e. The molecule has 1 rings (SSSR count). The van der Waals surface area contributed by atoms with E-state index in [9.17, 15) is 29.1 Å². The zero-order chi connectivity index (χ0) is 25.8. The number of hydrogen-bond acceptors (Lipinski definition) is 7. The lowest BCUT2D eigenvalue weighted by Crippen LogP contribution is -2.57. The van der Waals surface area contributed by atoms with Gasteiger partial charge < -0.3 is 37.2 Å². The highest BCUT2D eigenvalue weighted by atomic mass is 16.4. The average molecular weight is 486 g/mol. The van der Waals surface area contributed by atoms with Crippen LogP contribution in [0, 0.1) is 5.92 Å². The van der Waals surface area contributed by atoms with E-state index < -0.39 is 60.2 Å². The van der Waals surface area contributed by atoms with Crippen LogP contribution in [0.15, 0.2) is 0 Å². The van der Waals surface area contributed by atoms with Crippen LogP contribution in [0.3, 0.4) is 0 Å². The van der Waals surface area contributed by atoms with Gasteiger partial charge in [-0.15, -0.1) is 0 Å². The van der Waals surface area contributed by atoms with E-state index in [1.54, 1.807) is 0 Å². The third kappa shape index (κ3) is 9.64. The predicted molar refractivity (Wildman–Crippen MR) is 123 cm³/mol. The first-order valence-electron chi connectivity index (χ1n) is 11.8. The second-order valence-corrected chi connectivity index (χ2v) is 9.10. The van der Waals surface area contributed by atoms with E-state index in [0.29, 0.717) is 38.6 Å². The van der Waals surface area contributed by atoms with Crippen LogP contribution in [-0.4, -0.2) is 82.0 Å². The molecule has 0 bridgehead atoms. The number of carbonyl (C=O) groups is 5. The third-order valence-electron chi connectivity index (χ3n) is 5.73. The monoisotopic (exact) mass is 485 g/mol. The minimum Gasteiger partial charge on any atom is -0.481 e. The topological polar surface area (TPSA) is 205 Å². The summed E-state index contributed by atoms with van der Waals surface area (Å²) in [5.41, 5.74) is 11.4. The Morgan fingerprint density at radius 2 is 1.71 bits per heavy atom. The quantitative estimate of drug-likeness (QED) is 0.163. The van der Waals surface area contributed by atoms with Crippen LogP contribution in [0.25, 0.3) is 0 Å². The van der Waals surface area contributed by atoms with Crippen LogP contribution in [-0.2, 0) is 24.0 Å². The van der Waals surface area contributed by atoms with E-state index in [0.717, 1.165) is 6.42 Å². The maximum Gasteiger partial charge on any atom is 0.326 e. The normalized spacial score (nSPS) is 18.3. The number of carbonyl (C=O) groups excluding carboxylic acids is 3. The molecule has 4 atom stereocenters. The molecule has 8 N–H and O–H groups in total. The first-order valence-corrected chi connectivity index (χ1v) is 11.8. The summed E-state index contributed by atoms with van der Waals surface area (Å²) in [7, 11) is 0. The van der Waals surface area contributed by atoms with Crippen molar-refractivity contribution < 1.29 is 34.2 Å². The minimum absolute atomic E-state index is 0.0741. The number of likely N-dealkylation sites (tertiary alicyclic amines) is 1. The molecule has 3 amide bonds. The summed E-state index contributed by atoms with van der Waals surface area (Å²) >= 11 is 0. The molecule has 194 valence electrons. The fourth-order valence-electron chi connectivity index (χ4n) is 3.91. The smallest absolute Gasteiger partial charge is 0.326 e. The highest BCUT2D eigenvalue weighted by Crippen LogP contribution is 2.21. The van der Waals surface area contributed by atoms with Gasteiger partial charge in [-0.1, -0.05) is 20.3 Å². The van der Waals surface area contributed by atoms with Crippen molar-refractivity contribution in [2.75, 3.05) is 13.1 Å². The maximum atomic E-state index is 13.3. The SMILES string of the molecule is CC(C)C[C@H](NC(=O)[C@@H](N)CCCCN)C(=O)N1CCC[C@H]1C(=O)N[C@@H](CCC(=O)O)C(=O)O. The van der Waals surface area contributed by atoms with Crippen molar-refractivity contribution in [3.8, 4) is 0 Å². The Balaban J connectivity index is 2.89. The molecule has 0 radical (unpaired) electrons. The lowest BCUT2D eigenvalue weighted by Gasteiger charge is -2.30. The molecule has 0 aromatic rings. The van der Waals surface area contributed by atoms with Gasteiger partial charge >= 0.3 is 11.9 Å². The molecule has 1 aliphatic rings. The summed E-state index contributed by atoms with van der Waals surface area (Å²) in [6.45, 7) is 4.60. The molecule has 1 fully saturated rings. The summed E-state index contributed by atoms with van der Waals surface area (Å²) in [4.78, 5) is 62.3. The highest BCUT2D eigenvalue weighted by Gasteiger charge is 2.39. The lowest BCUT2D eigenvalue weighted by atomic mass is 10.0. The number of nitrogens with one attached hydrogen (secondary N) is 2. The van der Waals surface area contributed by atoms with Gasteiger partial charge in [0.05, 0.1) is 6.04 Å². The van der Waals surface area contributed by atoms with Gasteiger partial charge in [-0.25, -0.2) is 4.79 Å². The van der Waals surface area contributed by atoms with Crippen molar-refractivity contribution in [3.05, 3.63) is 0 Å². The second-order valence-electron chi connectivity index (χ2n) is 9.10. The number of unbranched alkanes of at least 4 members (excludes halogenated alkanes) is 1. The van der Waals surface area contributed by atoms with Crippen LogP contribution in [0.2, 0.25) is 0 Å². The van der Waals surface area contributed by atoms with Crippen molar-refractivity contribution in [2.45, 2.75) is 89.4 Å². The van der Waals surface area contributed by atoms with Gasteiger partial charge in [0, 0.05) is 13.0 Å². The van der Waals surface area contributed by atoms with Gasteiger partial charge in [-0.05, 0) is 51.0 Å². The molecule has 0 aliphatic carbocycles. The maximum absolute atomic E-state index is 13.3. The number of aliphatic carboxylic acids is 2. The van der Waals surface area contributed by atoms with Gasteiger partial charge in [0.25, 0.3) is 0 Å². The molecule has 12 nitrogen and oxygen atoms in total.